The Balaban J connectivity index is 1.96. The van der Waals surface area contributed by atoms with Crippen LogP contribution in [0.25, 0.3) is 6.08 Å². The number of carbonyl (C=O) groups is 1. The van der Waals surface area contributed by atoms with Crippen molar-refractivity contribution in [3.63, 3.8) is 0 Å². The Morgan fingerprint density at radius 2 is 1.67 bits per heavy atom. The minimum Gasteiger partial charge on any atom is -0.446 e. The summed E-state index contributed by atoms with van der Waals surface area (Å²) in [7, 11) is 0. The van der Waals surface area contributed by atoms with E-state index in [-0.39, 0.29) is 6.10 Å². The van der Waals surface area contributed by atoms with Crippen molar-refractivity contribution < 1.29 is 9.53 Å². The molecule has 2 aromatic carbocycles. The standard InChI is InChI=1S/C18H19NO2/c19-18(20)21-17(14-16-10-5-2-6-11-16)13-7-12-15-8-3-1-4-9-15/h1-12,17H,13-14H2,(H2,19,20)/b12-7+. The Kier molecular flexibility index (Phi) is 5.59. The van der Waals surface area contributed by atoms with Gasteiger partial charge in [-0.15, -0.1) is 0 Å². The molecule has 0 fully saturated rings. The van der Waals surface area contributed by atoms with E-state index in [2.05, 4.69) is 0 Å². The lowest BCUT2D eigenvalue weighted by Gasteiger charge is -2.15. The molecular weight excluding hydrogens is 262 g/mol. The van der Waals surface area contributed by atoms with Crippen molar-refractivity contribution in [1.29, 1.82) is 0 Å². The SMILES string of the molecule is NC(=O)OC(C/C=C/c1ccccc1)Cc1ccccc1. The number of primary amides is 1. The van der Waals surface area contributed by atoms with Gasteiger partial charge >= 0.3 is 6.09 Å². The summed E-state index contributed by atoms with van der Waals surface area (Å²) in [5.74, 6) is 0. The van der Waals surface area contributed by atoms with Gasteiger partial charge in [0.15, 0.2) is 0 Å². The van der Waals surface area contributed by atoms with Gasteiger partial charge in [-0.3, -0.25) is 0 Å². The molecule has 0 radical (unpaired) electrons. The fourth-order valence-corrected chi connectivity index (χ4v) is 2.13. The lowest BCUT2D eigenvalue weighted by atomic mass is 10.0. The normalized spacial score (nSPS) is 12.2. The molecule has 21 heavy (non-hydrogen) atoms. The van der Waals surface area contributed by atoms with Crippen LogP contribution in [-0.2, 0) is 11.2 Å². The van der Waals surface area contributed by atoms with Crippen molar-refractivity contribution >= 4 is 12.2 Å². The van der Waals surface area contributed by atoms with E-state index >= 15 is 0 Å². The Hall–Kier alpha value is -2.55. The molecule has 108 valence electrons. The highest BCUT2D eigenvalue weighted by atomic mass is 16.6. The number of ether oxygens (including phenoxy) is 1. The smallest absolute Gasteiger partial charge is 0.404 e. The fraction of sp³-hybridized carbons (Fsp3) is 0.167. The predicted molar refractivity (Wildman–Crippen MR) is 84.7 cm³/mol. The van der Waals surface area contributed by atoms with Crippen LogP contribution in [0.15, 0.2) is 66.7 Å². The van der Waals surface area contributed by atoms with Crippen LogP contribution < -0.4 is 5.73 Å². The average Bonchev–Trinajstić information content (AvgIpc) is 2.49. The Morgan fingerprint density at radius 3 is 2.29 bits per heavy atom. The van der Waals surface area contributed by atoms with Gasteiger partial charge in [-0.1, -0.05) is 72.8 Å². The van der Waals surface area contributed by atoms with E-state index in [9.17, 15) is 4.79 Å². The predicted octanol–water partition coefficient (Wildman–Crippen LogP) is 3.80. The quantitative estimate of drug-likeness (QED) is 0.875. The van der Waals surface area contributed by atoms with Gasteiger partial charge < -0.3 is 10.5 Å². The Morgan fingerprint density at radius 1 is 1.05 bits per heavy atom. The minimum atomic E-state index is -0.732. The van der Waals surface area contributed by atoms with Crippen molar-refractivity contribution in [2.75, 3.05) is 0 Å². The summed E-state index contributed by atoms with van der Waals surface area (Å²) in [6.45, 7) is 0. The first-order valence-electron chi connectivity index (χ1n) is 6.95. The first-order chi connectivity index (χ1) is 10.2. The number of nitrogens with two attached hydrogens (primary N) is 1. The molecule has 0 aliphatic carbocycles. The Labute approximate surface area is 125 Å². The summed E-state index contributed by atoms with van der Waals surface area (Å²) in [4.78, 5) is 11.0. The van der Waals surface area contributed by atoms with Crippen molar-refractivity contribution in [3.05, 3.63) is 77.9 Å². The maximum atomic E-state index is 11.0. The minimum absolute atomic E-state index is 0.245. The van der Waals surface area contributed by atoms with E-state index in [0.29, 0.717) is 12.8 Å². The van der Waals surface area contributed by atoms with Crippen LogP contribution in [0, 0.1) is 0 Å². The third-order valence-electron chi connectivity index (χ3n) is 3.10. The maximum Gasteiger partial charge on any atom is 0.404 e. The van der Waals surface area contributed by atoms with Gasteiger partial charge in [-0.2, -0.15) is 0 Å². The average molecular weight is 281 g/mol. The van der Waals surface area contributed by atoms with Gasteiger partial charge in [0.1, 0.15) is 6.10 Å². The summed E-state index contributed by atoms with van der Waals surface area (Å²) in [5.41, 5.74) is 7.39. The second-order valence-electron chi connectivity index (χ2n) is 4.80. The van der Waals surface area contributed by atoms with Gasteiger partial charge in [0.2, 0.25) is 0 Å². The van der Waals surface area contributed by atoms with E-state index in [0.717, 1.165) is 11.1 Å². The largest absolute Gasteiger partial charge is 0.446 e. The molecule has 2 aromatic rings. The molecule has 1 atom stereocenters. The number of hydrogen-bond acceptors (Lipinski definition) is 2. The zero-order chi connectivity index (χ0) is 14.9. The molecule has 3 nitrogen and oxygen atoms in total. The molecule has 1 unspecified atom stereocenters. The molecule has 0 heterocycles. The van der Waals surface area contributed by atoms with Crippen LogP contribution in [0.2, 0.25) is 0 Å². The van der Waals surface area contributed by atoms with Gasteiger partial charge in [-0.05, 0) is 11.1 Å². The first kappa shape index (κ1) is 14.9. The number of amides is 1. The van der Waals surface area contributed by atoms with E-state index in [1.54, 1.807) is 0 Å². The molecule has 0 bridgehead atoms. The molecule has 2 N–H and O–H groups in total. The lowest BCUT2D eigenvalue weighted by Crippen LogP contribution is -2.24. The molecule has 0 saturated heterocycles. The van der Waals surface area contributed by atoms with E-state index in [4.69, 9.17) is 10.5 Å². The second-order valence-corrected chi connectivity index (χ2v) is 4.80. The van der Waals surface area contributed by atoms with Crippen LogP contribution in [0.4, 0.5) is 4.79 Å². The second kappa shape index (κ2) is 7.90. The zero-order valence-corrected chi connectivity index (χ0v) is 11.8. The highest BCUT2D eigenvalue weighted by Crippen LogP contribution is 2.11. The van der Waals surface area contributed by atoms with Gasteiger partial charge in [0.25, 0.3) is 0 Å². The third-order valence-corrected chi connectivity index (χ3v) is 3.10. The van der Waals surface area contributed by atoms with Crippen LogP contribution in [-0.4, -0.2) is 12.2 Å². The number of rotatable bonds is 6. The number of benzene rings is 2. The van der Waals surface area contributed by atoms with Crippen LogP contribution in [0.3, 0.4) is 0 Å². The molecule has 0 aromatic heterocycles. The third kappa shape index (κ3) is 5.53. The van der Waals surface area contributed by atoms with Crippen molar-refractivity contribution in [3.8, 4) is 0 Å². The van der Waals surface area contributed by atoms with Gasteiger partial charge in [0, 0.05) is 12.8 Å². The van der Waals surface area contributed by atoms with Crippen molar-refractivity contribution in [1.82, 2.24) is 0 Å². The summed E-state index contributed by atoms with van der Waals surface area (Å²) in [5, 5.41) is 0. The summed E-state index contributed by atoms with van der Waals surface area (Å²) >= 11 is 0. The lowest BCUT2D eigenvalue weighted by molar-refractivity contribution is 0.108. The molecule has 1 amide bonds. The Bertz CT molecular complexity index is 579. The molecule has 3 heteroatoms. The van der Waals surface area contributed by atoms with Crippen molar-refractivity contribution in [2.24, 2.45) is 5.73 Å². The van der Waals surface area contributed by atoms with Gasteiger partial charge in [-0.25, -0.2) is 4.79 Å². The highest BCUT2D eigenvalue weighted by Gasteiger charge is 2.11. The topological polar surface area (TPSA) is 52.3 Å². The summed E-state index contributed by atoms with van der Waals surface area (Å²) < 4.78 is 5.18. The van der Waals surface area contributed by atoms with Gasteiger partial charge in [0.05, 0.1) is 0 Å². The van der Waals surface area contributed by atoms with Crippen LogP contribution in [0.1, 0.15) is 17.5 Å². The molecular formula is C18H19NO2. The zero-order valence-electron chi connectivity index (χ0n) is 11.8. The monoisotopic (exact) mass is 281 g/mol. The molecule has 0 saturated carbocycles. The first-order valence-corrected chi connectivity index (χ1v) is 6.95. The number of carbonyl (C=O) groups excluding carboxylic acids is 1. The molecule has 2 rings (SSSR count). The van der Waals surface area contributed by atoms with Crippen molar-refractivity contribution in [2.45, 2.75) is 18.9 Å². The maximum absolute atomic E-state index is 11.0. The van der Waals surface area contributed by atoms with Crippen LogP contribution >= 0.6 is 0 Å². The molecule has 0 aliphatic heterocycles. The van der Waals surface area contributed by atoms with Crippen LogP contribution in [0.5, 0.6) is 0 Å². The molecule has 0 spiro atoms. The summed E-state index contributed by atoms with van der Waals surface area (Å²) in [6, 6.07) is 19.9. The highest BCUT2D eigenvalue weighted by molar-refractivity contribution is 5.64. The fourth-order valence-electron chi connectivity index (χ4n) is 2.13. The van der Waals surface area contributed by atoms with E-state index in [1.165, 1.54) is 0 Å². The van der Waals surface area contributed by atoms with E-state index in [1.807, 2.05) is 72.8 Å². The molecule has 0 aliphatic rings. The summed E-state index contributed by atoms with van der Waals surface area (Å²) in [6.07, 6.45) is 4.33. The van der Waals surface area contributed by atoms with E-state index < -0.39 is 6.09 Å². The number of hydrogen-bond donors (Lipinski definition) is 1.